The number of halogens is 1. The van der Waals surface area contributed by atoms with Crippen molar-refractivity contribution in [3.63, 3.8) is 0 Å². The first kappa shape index (κ1) is 19.1. The van der Waals surface area contributed by atoms with Crippen LogP contribution in [0.5, 0.6) is 0 Å². The van der Waals surface area contributed by atoms with E-state index in [4.69, 9.17) is 4.74 Å². The normalized spacial score (nSPS) is 15.7. The van der Waals surface area contributed by atoms with Gasteiger partial charge in [0.05, 0.1) is 31.5 Å². The lowest BCUT2D eigenvalue weighted by Crippen LogP contribution is -2.37. The number of ether oxygens (including phenoxy) is 1. The number of anilines is 1. The molecule has 0 aromatic heterocycles. The number of nitrogens with zero attached hydrogens (tertiary/aromatic N) is 1. The number of hydrogen-bond donors (Lipinski definition) is 2. The van der Waals surface area contributed by atoms with E-state index in [1.807, 2.05) is 35.2 Å². The highest BCUT2D eigenvalue weighted by molar-refractivity contribution is 5.92. The molecule has 0 saturated carbocycles. The van der Waals surface area contributed by atoms with E-state index in [1.54, 1.807) is 18.2 Å². The smallest absolute Gasteiger partial charge is 0.244 e. The summed E-state index contributed by atoms with van der Waals surface area (Å²) in [6.07, 6.45) is 3.12. The third-order valence-electron chi connectivity index (χ3n) is 4.45. The van der Waals surface area contributed by atoms with E-state index >= 15 is 0 Å². The highest BCUT2D eigenvalue weighted by atomic mass is 19.1. The number of aliphatic hydroxyl groups excluding tert-OH is 1. The van der Waals surface area contributed by atoms with Gasteiger partial charge in [0.1, 0.15) is 5.82 Å². The van der Waals surface area contributed by atoms with Crippen LogP contribution in [-0.2, 0) is 9.53 Å². The summed E-state index contributed by atoms with van der Waals surface area (Å²) in [6, 6.07) is 13.5. The quantitative estimate of drug-likeness (QED) is 0.767. The second-order valence-corrected chi connectivity index (χ2v) is 6.30. The second-order valence-electron chi connectivity index (χ2n) is 6.30. The molecule has 1 saturated heterocycles. The van der Waals surface area contributed by atoms with Crippen molar-refractivity contribution in [2.75, 3.05) is 37.8 Å². The Morgan fingerprint density at radius 1 is 1.22 bits per heavy atom. The first-order valence-electron chi connectivity index (χ1n) is 8.94. The predicted octanol–water partition coefficient (Wildman–Crippen LogP) is 2.53. The summed E-state index contributed by atoms with van der Waals surface area (Å²) in [5, 5.41) is 12.5. The summed E-state index contributed by atoms with van der Waals surface area (Å²) in [4.78, 5) is 14.1. The van der Waals surface area contributed by atoms with E-state index in [2.05, 4.69) is 5.32 Å². The number of rotatable bonds is 6. The van der Waals surface area contributed by atoms with Crippen LogP contribution in [0.25, 0.3) is 6.08 Å². The lowest BCUT2D eigenvalue weighted by atomic mass is 10.1. The van der Waals surface area contributed by atoms with Gasteiger partial charge in [0.2, 0.25) is 5.91 Å². The van der Waals surface area contributed by atoms with Gasteiger partial charge < -0.3 is 20.1 Å². The van der Waals surface area contributed by atoms with Crippen LogP contribution >= 0.6 is 0 Å². The number of nitrogens with one attached hydrogen (secondary N) is 1. The first-order chi connectivity index (χ1) is 13.2. The second kappa shape index (κ2) is 9.30. The Hall–Kier alpha value is -2.70. The number of aliphatic hydroxyl groups is 1. The number of morpholine rings is 1. The van der Waals surface area contributed by atoms with Crippen molar-refractivity contribution in [3.05, 3.63) is 71.6 Å². The van der Waals surface area contributed by atoms with E-state index in [-0.39, 0.29) is 18.3 Å². The van der Waals surface area contributed by atoms with Crippen LogP contribution in [0.2, 0.25) is 0 Å². The van der Waals surface area contributed by atoms with Crippen LogP contribution in [0.4, 0.5) is 10.1 Å². The molecule has 2 aromatic rings. The molecule has 6 heteroatoms. The van der Waals surface area contributed by atoms with Crippen LogP contribution in [0.3, 0.4) is 0 Å². The van der Waals surface area contributed by atoms with Crippen molar-refractivity contribution >= 4 is 17.7 Å². The molecule has 0 aliphatic carbocycles. The molecule has 2 N–H and O–H groups in total. The zero-order valence-electron chi connectivity index (χ0n) is 15.0. The summed E-state index contributed by atoms with van der Waals surface area (Å²) in [5.41, 5.74) is 2.02. The van der Waals surface area contributed by atoms with Crippen molar-refractivity contribution in [2.45, 2.75) is 6.04 Å². The molecule has 27 heavy (non-hydrogen) atoms. The van der Waals surface area contributed by atoms with Gasteiger partial charge in [0.15, 0.2) is 0 Å². The molecule has 3 rings (SSSR count). The zero-order valence-corrected chi connectivity index (χ0v) is 15.0. The van der Waals surface area contributed by atoms with Crippen molar-refractivity contribution in [1.82, 2.24) is 5.32 Å². The van der Waals surface area contributed by atoms with Gasteiger partial charge in [0.25, 0.3) is 0 Å². The first-order valence-corrected chi connectivity index (χ1v) is 8.94. The van der Waals surface area contributed by atoms with Crippen molar-refractivity contribution in [3.8, 4) is 0 Å². The summed E-state index contributed by atoms with van der Waals surface area (Å²) >= 11 is 0. The SMILES string of the molecule is O=C(/C=C/c1ccccc1)NC(CO)c1ccc(F)c(N2CCOCC2)c1. The molecule has 5 nitrogen and oxygen atoms in total. The zero-order chi connectivity index (χ0) is 19.1. The van der Waals surface area contributed by atoms with Gasteiger partial charge in [-0.3, -0.25) is 4.79 Å². The molecule has 1 atom stereocenters. The molecule has 0 radical (unpaired) electrons. The van der Waals surface area contributed by atoms with Gasteiger partial charge in [0, 0.05) is 19.2 Å². The van der Waals surface area contributed by atoms with Gasteiger partial charge in [-0.05, 0) is 29.3 Å². The minimum absolute atomic E-state index is 0.279. The highest BCUT2D eigenvalue weighted by Crippen LogP contribution is 2.25. The largest absolute Gasteiger partial charge is 0.394 e. The Kier molecular flexibility index (Phi) is 6.57. The van der Waals surface area contributed by atoms with Crippen molar-refractivity contribution < 1.29 is 19.0 Å². The predicted molar refractivity (Wildman–Crippen MR) is 103 cm³/mol. The molecule has 1 fully saturated rings. The van der Waals surface area contributed by atoms with Gasteiger partial charge >= 0.3 is 0 Å². The fourth-order valence-corrected chi connectivity index (χ4v) is 2.98. The van der Waals surface area contributed by atoms with Crippen molar-refractivity contribution in [1.29, 1.82) is 0 Å². The fourth-order valence-electron chi connectivity index (χ4n) is 2.98. The van der Waals surface area contributed by atoms with Gasteiger partial charge in [-0.15, -0.1) is 0 Å². The third-order valence-corrected chi connectivity index (χ3v) is 4.45. The minimum Gasteiger partial charge on any atom is -0.394 e. The summed E-state index contributed by atoms with van der Waals surface area (Å²) in [6.45, 7) is 2.04. The average Bonchev–Trinajstić information content (AvgIpc) is 2.72. The summed E-state index contributed by atoms with van der Waals surface area (Å²) < 4.78 is 19.6. The summed E-state index contributed by atoms with van der Waals surface area (Å²) in [7, 11) is 0. The lowest BCUT2D eigenvalue weighted by molar-refractivity contribution is -0.117. The maximum Gasteiger partial charge on any atom is 0.244 e. The van der Waals surface area contributed by atoms with Crippen LogP contribution in [0.1, 0.15) is 17.2 Å². The van der Waals surface area contributed by atoms with E-state index < -0.39 is 6.04 Å². The Labute approximate surface area is 158 Å². The highest BCUT2D eigenvalue weighted by Gasteiger charge is 2.19. The third kappa shape index (κ3) is 5.15. The topological polar surface area (TPSA) is 61.8 Å². The Morgan fingerprint density at radius 3 is 2.67 bits per heavy atom. The molecule has 1 heterocycles. The van der Waals surface area contributed by atoms with E-state index in [0.29, 0.717) is 37.6 Å². The van der Waals surface area contributed by atoms with Crippen LogP contribution in [0, 0.1) is 5.82 Å². The molecule has 1 aliphatic rings. The lowest BCUT2D eigenvalue weighted by Gasteiger charge is -2.30. The van der Waals surface area contributed by atoms with Crippen molar-refractivity contribution in [2.24, 2.45) is 0 Å². The monoisotopic (exact) mass is 370 g/mol. The van der Waals surface area contributed by atoms with E-state index in [1.165, 1.54) is 12.1 Å². The van der Waals surface area contributed by atoms with Gasteiger partial charge in [-0.2, -0.15) is 0 Å². The molecule has 1 aliphatic heterocycles. The van der Waals surface area contributed by atoms with Crippen LogP contribution in [-0.4, -0.2) is 43.9 Å². The molecule has 2 aromatic carbocycles. The molecule has 142 valence electrons. The molecule has 1 amide bonds. The Morgan fingerprint density at radius 2 is 1.96 bits per heavy atom. The number of benzene rings is 2. The molecule has 0 bridgehead atoms. The van der Waals surface area contributed by atoms with Crippen LogP contribution in [0.15, 0.2) is 54.6 Å². The molecular formula is C21H23FN2O3. The van der Waals surface area contributed by atoms with Gasteiger partial charge in [-0.25, -0.2) is 4.39 Å². The minimum atomic E-state index is -0.613. The Bertz CT molecular complexity index is 789. The number of carbonyl (C=O) groups excluding carboxylic acids is 1. The maximum atomic E-state index is 14.2. The van der Waals surface area contributed by atoms with Crippen LogP contribution < -0.4 is 10.2 Å². The maximum absolute atomic E-state index is 14.2. The number of hydrogen-bond acceptors (Lipinski definition) is 4. The van der Waals surface area contributed by atoms with Gasteiger partial charge in [-0.1, -0.05) is 36.4 Å². The standard InChI is InChI=1S/C21H23FN2O3/c22-18-8-7-17(14-20(18)24-10-12-27-13-11-24)19(15-25)23-21(26)9-6-16-4-2-1-3-5-16/h1-9,14,19,25H,10-13,15H2,(H,23,26)/b9-6+. The molecule has 0 spiro atoms. The number of carbonyl (C=O) groups is 1. The Balaban J connectivity index is 1.71. The number of amides is 1. The summed E-state index contributed by atoms with van der Waals surface area (Å²) in [5.74, 6) is -0.650. The fraction of sp³-hybridized carbons (Fsp3) is 0.286. The molecular weight excluding hydrogens is 347 g/mol. The van der Waals surface area contributed by atoms with E-state index in [9.17, 15) is 14.3 Å². The van der Waals surface area contributed by atoms with E-state index in [0.717, 1.165) is 5.56 Å². The molecule has 1 unspecified atom stereocenters. The average molecular weight is 370 g/mol.